The standard InChI is InChI=1S/C38H62N12O8/c1-6-23(4)31(35(55)46-29(37(57)58)20-22(2)3)47-33(53)28(21-24-13-15-25(51)16-14-24)45-34(54)30-12-9-19-50(30)36(56)27(11-8-18-43-38(39)40)44-32(52)26(48-49-41)10-7-17-42-5/h13-16,22-23,26-31,42,51H,6-12,17-21H2,1-5H3,(H,44,52)(H,45,54)(H,46,55)(H,47,53)(H,57,58)(H4,39,40,43)/t23-,26-,27-,28-,29-,30-,31-/m0/s1. The highest BCUT2D eigenvalue weighted by Gasteiger charge is 2.40. The van der Waals surface area contributed by atoms with E-state index < -0.39 is 77.7 Å². The predicted molar refractivity (Wildman–Crippen MR) is 217 cm³/mol. The monoisotopic (exact) mass is 814 g/mol. The number of carbonyl (C=O) groups is 6. The van der Waals surface area contributed by atoms with Crippen LogP contribution in [0.5, 0.6) is 5.75 Å². The molecule has 0 spiro atoms. The van der Waals surface area contributed by atoms with E-state index in [9.17, 15) is 39.0 Å². The molecule has 20 nitrogen and oxygen atoms in total. The molecule has 11 N–H and O–H groups in total. The number of carbonyl (C=O) groups excluding carboxylic acids is 5. The molecule has 1 saturated heterocycles. The summed E-state index contributed by atoms with van der Waals surface area (Å²) in [5.41, 5.74) is 20.6. The van der Waals surface area contributed by atoms with Crippen molar-refractivity contribution in [3.05, 3.63) is 40.3 Å². The molecular formula is C38H62N12O8. The van der Waals surface area contributed by atoms with Gasteiger partial charge in [0.15, 0.2) is 5.96 Å². The fourth-order valence-electron chi connectivity index (χ4n) is 6.56. The Labute approximate surface area is 339 Å². The van der Waals surface area contributed by atoms with Crippen LogP contribution in [0, 0.1) is 11.8 Å². The lowest BCUT2D eigenvalue weighted by atomic mass is 9.96. The van der Waals surface area contributed by atoms with Gasteiger partial charge >= 0.3 is 5.97 Å². The van der Waals surface area contributed by atoms with Crippen LogP contribution < -0.4 is 38.1 Å². The number of amides is 5. The van der Waals surface area contributed by atoms with Crippen LogP contribution in [0.15, 0.2) is 34.4 Å². The van der Waals surface area contributed by atoms with Gasteiger partial charge in [-0.1, -0.05) is 51.4 Å². The number of guanidine groups is 1. The number of rotatable bonds is 25. The number of aliphatic carboxylic acids is 1. The molecule has 1 aliphatic rings. The molecule has 58 heavy (non-hydrogen) atoms. The van der Waals surface area contributed by atoms with Crippen molar-refractivity contribution in [2.24, 2.45) is 33.4 Å². The fraction of sp³-hybridized carbons (Fsp3) is 0.658. The second kappa shape index (κ2) is 24.9. The lowest BCUT2D eigenvalue weighted by molar-refractivity contribution is -0.143. The molecule has 7 atom stereocenters. The molecule has 5 amide bonds. The number of azide groups is 1. The van der Waals surface area contributed by atoms with Crippen molar-refractivity contribution in [2.75, 3.05) is 26.7 Å². The topological polar surface area (TPSA) is 319 Å². The molecule has 0 saturated carbocycles. The van der Waals surface area contributed by atoms with Gasteiger partial charge in [-0.25, -0.2) is 4.79 Å². The molecule has 0 aliphatic carbocycles. The average Bonchev–Trinajstić information content (AvgIpc) is 3.67. The van der Waals surface area contributed by atoms with Crippen LogP contribution in [0.2, 0.25) is 0 Å². The Hall–Kier alpha value is -5.62. The minimum absolute atomic E-state index is 0.0135. The number of phenolic OH excluding ortho intramolecular Hbond substituents is 1. The zero-order chi connectivity index (χ0) is 43.4. The van der Waals surface area contributed by atoms with Gasteiger partial charge in [0.2, 0.25) is 29.5 Å². The minimum atomic E-state index is -1.27. The van der Waals surface area contributed by atoms with Gasteiger partial charge in [-0.05, 0) is 93.6 Å². The second-order valence-corrected chi connectivity index (χ2v) is 15.0. The minimum Gasteiger partial charge on any atom is -0.508 e. The summed E-state index contributed by atoms with van der Waals surface area (Å²) in [5.74, 6) is -5.10. The molecule has 0 unspecified atom stereocenters. The highest BCUT2D eigenvalue weighted by Crippen LogP contribution is 2.21. The molecule has 1 fully saturated rings. The fourth-order valence-corrected chi connectivity index (χ4v) is 6.56. The van der Waals surface area contributed by atoms with Crippen molar-refractivity contribution < 1.29 is 39.0 Å². The summed E-state index contributed by atoms with van der Waals surface area (Å²) in [6, 6.07) is -0.851. The van der Waals surface area contributed by atoms with E-state index in [0.717, 1.165) is 0 Å². The van der Waals surface area contributed by atoms with Crippen LogP contribution in [0.1, 0.15) is 84.6 Å². The highest BCUT2D eigenvalue weighted by atomic mass is 16.4. The van der Waals surface area contributed by atoms with Gasteiger partial charge < -0.3 is 53.2 Å². The largest absolute Gasteiger partial charge is 0.508 e. The number of carboxylic acid groups (broad SMARTS) is 1. The number of likely N-dealkylation sites (tertiary alicyclic amines) is 1. The SMILES string of the molecule is CC[C@H](C)[C@H](NC(=O)[C@H](Cc1ccc(O)cc1)NC(=O)[C@@H]1CCCN1C(=O)[C@H](CCCN=C(N)N)NC(=O)[C@H](CCCNC)N=[N+]=[N-])C(=O)N[C@@H](CC(C)C)C(=O)O. The summed E-state index contributed by atoms with van der Waals surface area (Å²) in [5, 5.41) is 37.0. The normalized spacial score (nSPS) is 16.7. The number of benzene rings is 1. The average molecular weight is 815 g/mol. The number of nitrogens with one attached hydrogen (secondary N) is 5. The summed E-state index contributed by atoms with van der Waals surface area (Å²) in [6.07, 6.45) is 2.38. The van der Waals surface area contributed by atoms with Crippen molar-refractivity contribution in [1.82, 2.24) is 31.5 Å². The van der Waals surface area contributed by atoms with Crippen molar-refractivity contribution in [2.45, 2.75) is 122 Å². The lowest BCUT2D eigenvalue weighted by Crippen LogP contribution is -2.60. The number of nitrogens with zero attached hydrogens (tertiary/aromatic N) is 5. The van der Waals surface area contributed by atoms with Crippen LogP contribution in [-0.2, 0) is 35.2 Å². The molecule has 2 rings (SSSR count). The van der Waals surface area contributed by atoms with Crippen LogP contribution in [0.25, 0.3) is 10.4 Å². The van der Waals surface area contributed by atoms with E-state index in [1.807, 2.05) is 20.8 Å². The number of hydrogen-bond acceptors (Lipinski definition) is 10. The maximum absolute atomic E-state index is 14.2. The Morgan fingerprint density at radius 3 is 2.19 bits per heavy atom. The first kappa shape index (κ1) is 48.5. The molecule has 0 aromatic heterocycles. The summed E-state index contributed by atoms with van der Waals surface area (Å²) in [7, 11) is 1.74. The molecule has 0 bridgehead atoms. The van der Waals surface area contributed by atoms with E-state index in [4.69, 9.17) is 17.0 Å². The molecule has 1 aliphatic heterocycles. The Morgan fingerprint density at radius 1 is 0.931 bits per heavy atom. The first-order chi connectivity index (χ1) is 27.5. The van der Waals surface area contributed by atoms with Crippen molar-refractivity contribution >= 4 is 41.5 Å². The molecular weight excluding hydrogens is 752 g/mol. The number of aliphatic imine (C=N–C) groups is 1. The lowest BCUT2D eigenvalue weighted by Gasteiger charge is -2.31. The van der Waals surface area contributed by atoms with E-state index in [1.165, 1.54) is 17.0 Å². The van der Waals surface area contributed by atoms with Gasteiger partial charge in [-0.15, -0.1) is 0 Å². The maximum Gasteiger partial charge on any atom is 0.326 e. The van der Waals surface area contributed by atoms with Gasteiger partial charge in [-0.3, -0.25) is 29.0 Å². The first-order valence-electron chi connectivity index (χ1n) is 19.8. The summed E-state index contributed by atoms with van der Waals surface area (Å²) in [6.45, 7) is 8.10. The number of hydrogen-bond donors (Lipinski definition) is 9. The third-order valence-corrected chi connectivity index (χ3v) is 9.92. The maximum atomic E-state index is 14.2. The molecule has 20 heteroatoms. The van der Waals surface area contributed by atoms with E-state index in [-0.39, 0.29) is 69.2 Å². The van der Waals surface area contributed by atoms with Crippen LogP contribution in [0.3, 0.4) is 0 Å². The summed E-state index contributed by atoms with van der Waals surface area (Å²) >= 11 is 0. The van der Waals surface area contributed by atoms with Crippen LogP contribution >= 0.6 is 0 Å². The number of carboxylic acids is 1. The van der Waals surface area contributed by atoms with Gasteiger partial charge in [-0.2, -0.15) is 0 Å². The third kappa shape index (κ3) is 16.1. The molecule has 322 valence electrons. The smallest absolute Gasteiger partial charge is 0.326 e. The zero-order valence-corrected chi connectivity index (χ0v) is 34.1. The number of aromatic hydroxyl groups is 1. The first-order valence-corrected chi connectivity index (χ1v) is 19.8. The van der Waals surface area contributed by atoms with Crippen molar-refractivity contribution in [1.29, 1.82) is 0 Å². The van der Waals surface area contributed by atoms with Crippen LogP contribution in [0.4, 0.5) is 0 Å². The second-order valence-electron chi connectivity index (χ2n) is 15.0. The molecule has 1 aromatic rings. The predicted octanol–water partition coefficient (Wildman–Crippen LogP) is 0.774. The number of phenols is 1. The molecule has 0 radical (unpaired) electrons. The van der Waals surface area contributed by atoms with Crippen LogP contribution in [-0.4, -0.2) is 120 Å². The van der Waals surface area contributed by atoms with Gasteiger partial charge in [0.1, 0.15) is 42.0 Å². The molecule has 1 aromatic carbocycles. The van der Waals surface area contributed by atoms with E-state index in [0.29, 0.717) is 31.4 Å². The van der Waals surface area contributed by atoms with Crippen molar-refractivity contribution in [3.8, 4) is 5.75 Å². The van der Waals surface area contributed by atoms with E-state index >= 15 is 0 Å². The summed E-state index contributed by atoms with van der Waals surface area (Å²) in [4.78, 5) is 89.3. The Bertz CT molecular complexity index is 1610. The number of nitrogens with two attached hydrogens (primary N) is 2. The molecule has 1 heterocycles. The van der Waals surface area contributed by atoms with Gasteiger partial charge in [0, 0.05) is 24.4 Å². The van der Waals surface area contributed by atoms with E-state index in [1.54, 1.807) is 26.1 Å². The Kier molecular flexibility index (Phi) is 20.8. The summed E-state index contributed by atoms with van der Waals surface area (Å²) < 4.78 is 0. The third-order valence-electron chi connectivity index (χ3n) is 9.92. The zero-order valence-electron chi connectivity index (χ0n) is 34.1. The van der Waals surface area contributed by atoms with E-state index in [2.05, 4.69) is 41.6 Å². The highest BCUT2D eigenvalue weighted by molar-refractivity contribution is 5.97. The van der Waals surface area contributed by atoms with Crippen molar-refractivity contribution in [3.63, 3.8) is 0 Å². The quantitative estimate of drug-likeness (QED) is 0.0166. The Morgan fingerprint density at radius 2 is 1.60 bits per heavy atom. The Balaban J connectivity index is 2.40. The van der Waals surface area contributed by atoms with Gasteiger partial charge in [0.25, 0.3) is 0 Å². The van der Waals surface area contributed by atoms with Gasteiger partial charge in [0.05, 0.1) is 0 Å².